The largest absolute Gasteiger partial charge is 0.356 e. The number of amides is 5. The summed E-state index contributed by atoms with van der Waals surface area (Å²) >= 11 is 0. The Hall–Kier alpha value is -3.69. The molecule has 0 aliphatic heterocycles. The number of aryl methyl sites for hydroxylation is 3. The molecule has 0 aromatic heterocycles. The number of rotatable bonds is 16. The fraction of sp³-hybridized carbons (Fsp3) is 0.605. The summed E-state index contributed by atoms with van der Waals surface area (Å²) in [6, 6.07) is 3.00. The molecule has 0 spiro atoms. The van der Waals surface area contributed by atoms with Gasteiger partial charge in [-0.1, -0.05) is 19.1 Å². The highest BCUT2D eigenvalue weighted by atomic mass is 32.2. The average Bonchev–Trinajstić information content (AvgIpc) is 3.90. The first-order chi connectivity index (χ1) is 25.4. The van der Waals surface area contributed by atoms with Gasteiger partial charge in [0.15, 0.2) is 0 Å². The molecule has 0 bridgehead atoms. The van der Waals surface area contributed by atoms with E-state index in [0.717, 1.165) is 110 Å². The van der Waals surface area contributed by atoms with Crippen LogP contribution in [0, 0.1) is 5.92 Å². The maximum atomic E-state index is 13.3. The number of hydrogen-bond acceptors (Lipinski definition) is 8. The van der Waals surface area contributed by atoms with Crippen molar-refractivity contribution in [3.63, 3.8) is 0 Å². The zero-order chi connectivity index (χ0) is 37.8. The van der Waals surface area contributed by atoms with E-state index in [9.17, 15) is 31.2 Å². The van der Waals surface area contributed by atoms with Crippen molar-refractivity contribution in [2.75, 3.05) is 41.8 Å². The summed E-state index contributed by atoms with van der Waals surface area (Å²) < 4.78 is 55.5. The lowest BCUT2D eigenvalue weighted by Gasteiger charge is -2.24. The van der Waals surface area contributed by atoms with Crippen molar-refractivity contribution < 1.29 is 31.2 Å². The lowest BCUT2D eigenvalue weighted by Crippen LogP contribution is -2.37. The normalized spacial score (nSPS) is 18.5. The third kappa shape index (κ3) is 9.34. The van der Waals surface area contributed by atoms with Crippen LogP contribution in [0.3, 0.4) is 0 Å². The van der Waals surface area contributed by atoms with Gasteiger partial charge in [0.2, 0.25) is 26.0 Å². The van der Waals surface area contributed by atoms with E-state index in [1.54, 1.807) is 6.92 Å². The summed E-state index contributed by atoms with van der Waals surface area (Å²) in [4.78, 5) is 38.3. The van der Waals surface area contributed by atoms with Gasteiger partial charge in [-0.25, -0.2) is 35.9 Å². The van der Waals surface area contributed by atoms with Gasteiger partial charge in [0, 0.05) is 24.3 Å². The molecule has 5 amide bonds. The highest BCUT2D eigenvalue weighted by molar-refractivity contribution is 7.90. The van der Waals surface area contributed by atoms with Crippen molar-refractivity contribution in [1.29, 1.82) is 0 Å². The maximum Gasteiger partial charge on any atom is 0.332 e. The molecule has 15 heteroatoms. The summed E-state index contributed by atoms with van der Waals surface area (Å²) in [5.74, 6) is -0.435. The van der Waals surface area contributed by atoms with Crippen LogP contribution < -0.4 is 30.7 Å². The molecule has 4 aliphatic rings. The lowest BCUT2D eigenvalue weighted by atomic mass is 9.83. The Bertz CT molecular complexity index is 1970. The zero-order valence-electron chi connectivity index (χ0n) is 30.9. The molecule has 0 saturated carbocycles. The molecule has 2 unspecified atom stereocenters. The van der Waals surface area contributed by atoms with Crippen molar-refractivity contribution in [1.82, 2.24) is 20.1 Å². The van der Waals surface area contributed by atoms with Crippen molar-refractivity contribution in [3.8, 4) is 0 Å². The van der Waals surface area contributed by atoms with Crippen LogP contribution in [0.25, 0.3) is 0 Å². The molecular formula is C38H54N6O7S2. The number of anilines is 2. The molecule has 2 aromatic carbocycles. The van der Waals surface area contributed by atoms with Crippen LogP contribution in [0.4, 0.5) is 21.0 Å². The van der Waals surface area contributed by atoms with E-state index < -0.39 is 32.1 Å². The number of sulfonamides is 2. The van der Waals surface area contributed by atoms with Gasteiger partial charge in [-0.15, -0.1) is 0 Å². The number of carbonyl (C=O) groups is 3. The third-order valence-corrected chi connectivity index (χ3v) is 13.7. The minimum Gasteiger partial charge on any atom is -0.356 e. The molecule has 0 heterocycles. The Morgan fingerprint density at radius 1 is 0.698 bits per heavy atom. The topological polar surface area (TPSA) is 192 Å². The second-order valence-electron chi connectivity index (χ2n) is 14.9. The Kier molecular flexibility index (Phi) is 12.3. The number of nitrogens with one attached hydrogen (secondary N) is 6. The zero-order valence-corrected chi connectivity index (χ0v) is 32.6. The van der Waals surface area contributed by atoms with E-state index in [0.29, 0.717) is 25.9 Å². The molecule has 53 heavy (non-hydrogen) atoms. The van der Waals surface area contributed by atoms with Crippen LogP contribution in [-0.4, -0.2) is 65.9 Å². The molecule has 4 aliphatic carbocycles. The van der Waals surface area contributed by atoms with E-state index in [1.165, 1.54) is 16.7 Å². The Morgan fingerprint density at radius 2 is 1.32 bits per heavy atom. The Labute approximate surface area is 313 Å². The summed E-state index contributed by atoms with van der Waals surface area (Å²) in [5.41, 5.74) is 10.5. The quantitative estimate of drug-likeness (QED) is 0.136. The molecule has 6 rings (SSSR count). The number of hydrogen-bond donors (Lipinski definition) is 6. The highest BCUT2D eigenvalue weighted by Crippen LogP contribution is 2.51. The predicted octanol–water partition coefficient (Wildman–Crippen LogP) is 4.32. The average molecular weight is 771 g/mol. The molecule has 2 aromatic rings. The van der Waals surface area contributed by atoms with E-state index >= 15 is 0 Å². The van der Waals surface area contributed by atoms with Crippen molar-refractivity contribution >= 4 is 49.4 Å². The molecule has 0 saturated heterocycles. The van der Waals surface area contributed by atoms with Gasteiger partial charge in [-0.05, 0) is 160 Å². The fourth-order valence-electron chi connectivity index (χ4n) is 8.90. The van der Waals surface area contributed by atoms with Gasteiger partial charge in [-0.3, -0.25) is 4.79 Å². The Morgan fingerprint density at radius 3 is 1.98 bits per heavy atom. The van der Waals surface area contributed by atoms with E-state index in [-0.39, 0.29) is 42.1 Å². The second kappa shape index (κ2) is 16.8. The van der Waals surface area contributed by atoms with Crippen molar-refractivity contribution in [2.45, 2.75) is 110 Å². The first kappa shape index (κ1) is 39.0. The van der Waals surface area contributed by atoms with Gasteiger partial charge < -0.3 is 21.3 Å². The van der Waals surface area contributed by atoms with E-state index in [4.69, 9.17) is 0 Å². The smallest absolute Gasteiger partial charge is 0.332 e. The van der Waals surface area contributed by atoms with Crippen LogP contribution in [0.1, 0.15) is 109 Å². The van der Waals surface area contributed by atoms with E-state index in [1.807, 2.05) is 6.92 Å². The molecule has 0 fully saturated rings. The van der Waals surface area contributed by atoms with Crippen molar-refractivity contribution in [3.05, 3.63) is 56.6 Å². The number of carbonyl (C=O) groups excluding carboxylic acids is 3. The van der Waals surface area contributed by atoms with Gasteiger partial charge >= 0.3 is 12.1 Å². The molecule has 0 radical (unpaired) electrons. The SMILES string of the molecule is CCCNCCCS(=O)(=O)NC(=O)Nc1c2c(cc3c1CC(C1CCc4cc5c(c(NC(=O)NS(=O)(=O)CCCC(=O)NCC)c41)CCC5)C3)CCC2. The molecule has 6 N–H and O–H groups in total. The van der Waals surface area contributed by atoms with Crippen LogP contribution in [0.2, 0.25) is 0 Å². The first-order valence-corrected chi connectivity index (χ1v) is 22.6. The minimum atomic E-state index is -3.97. The van der Waals surface area contributed by atoms with Crippen LogP contribution in [0.5, 0.6) is 0 Å². The highest BCUT2D eigenvalue weighted by Gasteiger charge is 2.40. The molecule has 290 valence electrons. The molecular weight excluding hydrogens is 717 g/mol. The monoisotopic (exact) mass is 770 g/mol. The number of fused-ring (bicyclic) bond motifs is 4. The number of benzene rings is 2. The van der Waals surface area contributed by atoms with Crippen LogP contribution >= 0.6 is 0 Å². The van der Waals surface area contributed by atoms with Gasteiger partial charge in [0.25, 0.3) is 0 Å². The molecule has 13 nitrogen and oxygen atoms in total. The predicted molar refractivity (Wildman–Crippen MR) is 206 cm³/mol. The lowest BCUT2D eigenvalue weighted by molar-refractivity contribution is -0.121. The summed E-state index contributed by atoms with van der Waals surface area (Å²) in [6.45, 7) is 5.68. The van der Waals surface area contributed by atoms with Gasteiger partial charge in [0.1, 0.15) is 0 Å². The first-order valence-electron chi connectivity index (χ1n) is 19.3. The van der Waals surface area contributed by atoms with Gasteiger partial charge in [-0.2, -0.15) is 0 Å². The van der Waals surface area contributed by atoms with Crippen LogP contribution in [-0.2, 0) is 69.8 Å². The minimum absolute atomic E-state index is 0.0582. The third-order valence-electron chi connectivity index (χ3n) is 11.1. The van der Waals surface area contributed by atoms with Crippen molar-refractivity contribution in [2.24, 2.45) is 5.92 Å². The summed E-state index contributed by atoms with van der Waals surface area (Å²) in [5, 5.41) is 11.8. The Balaban J connectivity index is 1.19. The summed E-state index contributed by atoms with van der Waals surface area (Å²) in [6.07, 6.45) is 10.1. The summed E-state index contributed by atoms with van der Waals surface area (Å²) in [7, 11) is -7.78. The fourth-order valence-corrected chi connectivity index (χ4v) is 10.8. The number of urea groups is 2. The van der Waals surface area contributed by atoms with E-state index in [2.05, 4.69) is 42.8 Å². The molecule has 2 atom stereocenters. The van der Waals surface area contributed by atoms with Gasteiger partial charge in [0.05, 0.1) is 11.5 Å². The van der Waals surface area contributed by atoms with Crippen LogP contribution in [0.15, 0.2) is 12.1 Å². The second-order valence-corrected chi connectivity index (χ2v) is 18.6. The maximum absolute atomic E-state index is 13.3. The standard InChI is InChI=1S/C38H54N6O7S2/c1-3-16-39-17-8-19-53(50,51)43-37(46)41-35-30-11-5-10-25(30)21-27-22-28(23-32(27)35)29-15-14-26-20-24-9-6-12-31(24)36(34(26)29)42-38(47)44-52(48,49)18-7-13-33(45)40-4-2/h20-21,28-29,39H,3-19,22-23H2,1-2H3,(H,40,45)(H2,41,43,46)(H2,42,44,47).